The SMILES string of the molecule is S=c1nc(CCc2ccccc2)[nH]c2c1CCC2. The second-order valence-electron chi connectivity index (χ2n) is 4.78. The predicted octanol–water partition coefficient (Wildman–Crippen LogP) is 3.41. The van der Waals surface area contributed by atoms with Gasteiger partial charge in [-0.1, -0.05) is 42.5 Å². The van der Waals surface area contributed by atoms with Crippen molar-refractivity contribution in [1.29, 1.82) is 0 Å². The molecule has 3 heteroatoms. The molecule has 0 amide bonds. The molecule has 2 nitrogen and oxygen atoms in total. The number of hydrogen-bond acceptors (Lipinski definition) is 2. The summed E-state index contributed by atoms with van der Waals surface area (Å²) in [7, 11) is 0. The molecule has 1 aromatic heterocycles. The van der Waals surface area contributed by atoms with Crippen LogP contribution in [0, 0.1) is 4.64 Å². The first-order chi connectivity index (χ1) is 8.83. The van der Waals surface area contributed by atoms with E-state index in [1.165, 1.54) is 23.2 Å². The van der Waals surface area contributed by atoms with Crippen LogP contribution in [0.2, 0.25) is 0 Å². The lowest BCUT2D eigenvalue weighted by atomic mass is 10.1. The Morgan fingerprint density at radius 2 is 1.94 bits per heavy atom. The number of aryl methyl sites for hydroxylation is 3. The zero-order valence-electron chi connectivity index (χ0n) is 10.3. The third-order valence-corrected chi connectivity index (χ3v) is 3.84. The fourth-order valence-corrected chi connectivity index (χ4v) is 2.87. The maximum Gasteiger partial charge on any atom is 0.133 e. The van der Waals surface area contributed by atoms with Gasteiger partial charge in [0, 0.05) is 17.7 Å². The van der Waals surface area contributed by atoms with Gasteiger partial charge in [-0.05, 0) is 31.2 Å². The van der Waals surface area contributed by atoms with E-state index in [0.717, 1.165) is 36.1 Å². The van der Waals surface area contributed by atoms with Crippen molar-refractivity contribution in [3.63, 3.8) is 0 Å². The summed E-state index contributed by atoms with van der Waals surface area (Å²) >= 11 is 5.37. The third kappa shape index (κ3) is 2.36. The molecule has 3 rings (SSSR count). The minimum atomic E-state index is 0.810. The van der Waals surface area contributed by atoms with Crippen molar-refractivity contribution < 1.29 is 0 Å². The molecule has 18 heavy (non-hydrogen) atoms. The number of nitrogens with one attached hydrogen (secondary N) is 1. The predicted molar refractivity (Wildman–Crippen MR) is 75.3 cm³/mol. The lowest BCUT2D eigenvalue weighted by Crippen LogP contribution is -2.02. The van der Waals surface area contributed by atoms with Gasteiger partial charge in [0.05, 0.1) is 0 Å². The van der Waals surface area contributed by atoms with Crippen LogP contribution < -0.4 is 0 Å². The van der Waals surface area contributed by atoms with Crippen LogP contribution in [0.3, 0.4) is 0 Å². The number of aromatic amines is 1. The Kier molecular flexibility index (Phi) is 3.24. The van der Waals surface area contributed by atoms with Gasteiger partial charge in [-0.15, -0.1) is 0 Å². The monoisotopic (exact) mass is 256 g/mol. The summed E-state index contributed by atoms with van der Waals surface area (Å²) in [6.07, 6.45) is 5.37. The third-order valence-electron chi connectivity index (χ3n) is 3.50. The summed E-state index contributed by atoms with van der Waals surface area (Å²) in [5, 5.41) is 0. The van der Waals surface area contributed by atoms with Gasteiger partial charge in [0.15, 0.2) is 0 Å². The molecular weight excluding hydrogens is 240 g/mol. The highest BCUT2D eigenvalue weighted by Crippen LogP contribution is 2.20. The van der Waals surface area contributed by atoms with E-state index >= 15 is 0 Å². The molecule has 0 fully saturated rings. The topological polar surface area (TPSA) is 28.7 Å². The van der Waals surface area contributed by atoms with Crippen LogP contribution in [0.4, 0.5) is 0 Å². The summed E-state index contributed by atoms with van der Waals surface area (Å²) in [6, 6.07) is 10.5. The van der Waals surface area contributed by atoms with E-state index in [1.807, 2.05) is 6.07 Å². The van der Waals surface area contributed by atoms with Crippen LogP contribution in [0.15, 0.2) is 30.3 Å². The van der Waals surface area contributed by atoms with Gasteiger partial charge < -0.3 is 4.98 Å². The number of nitrogens with zero attached hydrogens (tertiary/aromatic N) is 1. The first kappa shape index (κ1) is 11.6. The van der Waals surface area contributed by atoms with Crippen molar-refractivity contribution in [2.45, 2.75) is 32.1 Å². The maximum atomic E-state index is 5.37. The van der Waals surface area contributed by atoms with Gasteiger partial charge >= 0.3 is 0 Å². The van der Waals surface area contributed by atoms with Gasteiger partial charge in [0.2, 0.25) is 0 Å². The van der Waals surface area contributed by atoms with Crippen LogP contribution in [-0.4, -0.2) is 9.97 Å². The van der Waals surface area contributed by atoms with Gasteiger partial charge in [-0.2, -0.15) is 0 Å². The molecule has 1 heterocycles. The summed E-state index contributed by atoms with van der Waals surface area (Å²) in [5.74, 6) is 1.03. The lowest BCUT2D eigenvalue weighted by molar-refractivity contribution is 0.830. The fourth-order valence-electron chi connectivity index (χ4n) is 2.54. The fraction of sp³-hybridized carbons (Fsp3) is 0.333. The molecule has 0 saturated heterocycles. The zero-order valence-corrected chi connectivity index (χ0v) is 11.1. The van der Waals surface area contributed by atoms with Crippen molar-refractivity contribution in [1.82, 2.24) is 9.97 Å². The second kappa shape index (κ2) is 5.02. The molecule has 1 aliphatic rings. The number of H-pyrrole nitrogens is 1. The molecule has 1 aliphatic carbocycles. The summed E-state index contributed by atoms with van der Waals surface area (Å²) in [5.41, 5.74) is 3.94. The van der Waals surface area contributed by atoms with Gasteiger partial charge in [-0.25, -0.2) is 4.98 Å². The first-order valence-corrected chi connectivity index (χ1v) is 6.88. The normalized spacial score (nSPS) is 13.6. The molecule has 0 unspecified atom stereocenters. The van der Waals surface area contributed by atoms with Crippen LogP contribution >= 0.6 is 12.2 Å². The van der Waals surface area contributed by atoms with Gasteiger partial charge in [0.1, 0.15) is 10.5 Å². The highest BCUT2D eigenvalue weighted by molar-refractivity contribution is 7.71. The molecule has 0 atom stereocenters. The van der Waals surface area contributed by atoms with E-state index in [9.17, 15) is 0 Å². The van der Waals surface area contributed by atoms with Crippen molar-refractivity contribution >= 4 is 12.2 Å². The zero-order chi connectivity index (χ0) is 12.4. The van der Waals surface area contributed by atoms with Gasteiger partial charge in [-0.3, -0.25) is 0 Å². The average Bonchev–Trinajstić information content (AvgIpc) is 2.86. The van der Waals surface area contributed by atoms with Gasteiger partial charge in [0.25, 0.3) is 0 Å². The Morgan fingerprint density at radius 3 is 2.78 bits per heavy atom. The molecule has 1 aromatic carbocycles. The quantitative estimate of drug-likeness (QED) is 0.852. The van der Waals surface area contributed by atoms with Crippen molar-refractivity contribution in [3.8, 4) is 0 Å². The molecule has 92 valence electrons. The molecule has 0 aliphatic heterocycles. The minimum Gasteiger partial charge on any atom is -0.347 e. The smallest absolute Gasteiger partial charge is 0.133 e. The minimum absolute atomic E-state index is 0.810. The number of fused-ring (bicyclic) bond motifs is 1. The second-order valence-corrected chi connectivity index (χ2v) is 5.17. The number of aromatic nitrogens is 2. The van der Waals surface area contributed by atoms with Crippen molar-refractivity contribution in [2.75, 3.05) is 0 Å². The van der Waals surface area contributed by atoms with E-state index in [2.05, 4.69) is 34.2 Å². The Morgan fingerprint density at radius 1 is 1.11 bits per heavy atom. The van der Waals surface area contributed by atoms with E-state index < -0.39 is 0 Å². The summed E-state index contributed by atoms with van der Waals surface area (Å²) in [4.78, 5) is 7.98. The Hall–Kier alpha value is -1.48. The van der Waals surface area contributed by atoms with Crippen molar-refractivity contribution in [3.05, 3.63) is 57.6 Å². The molecular formula is C15H16N2S. The van der Waals surface area contributed by atoms with Crippen LogP contribution in [0.5, 0.6) is 0 Å². The number of rotatable bonds is 3. The first-order valence-electron chi connectivity index (χ1n) is 6.48. The Bertz CT molecular complexity index is 602. The largest absolute Gasteiger partial charge is 0.347 e. The molecule has 2 aromatic rings. The van der Waals surface area contributed by atoms with E-state index in [-0.39, 0.29) is 0 Å². The standard InChI is InChI=1S/C15H16N2S/c18-15-12-7-4-8-13(12)16-14(17-15)10-9-11-5-2-1-3-6-11/h1-3,5-6H,4,7-10H2,(H,16,17,18). The summed E-state index contributed by atoms with van der Waals surface area (Å²) < 4.78 is 0.810. The molecule has 0 saturated carbocycles. The molecule has 0 radical (unpaired) electrons. The maximum absolute atomic E-state index is 5.37. The number of hydrogen-bond donors (Lipinski definition) is 1. The van der Waals surface area contributed by atoms with Crippen LogP contribution in [0.25, 0.3) is 0 Å². The average molecular weight is 256 g/mol. The number of benzene rings is 1. The van der Waals surface area contributed by atoms with E-state index in [0.29, 0.717) is 0 Å². The Labute approximate surface area is 112 Å². The van der Waals surface area contributed by atoms with Crippen molar-refractivity contribution in [2.24, 2.45) is 0 Å². The molecule has 0 spiro atoms. The van der Waals surface area contributed by atoms with Crippen LogP contribution in [0.1, 0.15) is 29.1 Å². The summed E-state index contributed by atoms with van der Waals surface area (Å²) in [6.45, 7) is 0. The van der Waals surface area contributed by atoms with E-state index in [1.54, 1.807) is 0 Å². The van der Waals surface area contributed by atoms with Crippen LogP contribution in [-0.2, 0) is 25.7 Å². The van der Waals surface area contributed by atoms with E-state index in [4.69, 9.17) is 12.2 Å². The Balaban J connectivity index is 1.78. The molecule has 0 bridgehead atoms. The highest BCUT2D eigenvalue weighted by Gasteiger charge is 2.14. The molecule has 1 N–H and O–H groups in total. The highest BCUT2D eigenvalue weighted by atomic mass is 32.1. The lowest BCUT2D eigenvalue weighted by Gasteiger charge is -2.05.